The molecule has 138 valence electrons. The standard InChI is InChI=1S/C18H31O5P/c19-18(23-24(20,21)22)13-6-7-15-12(10-13)5-9-16-14-3-1-2-11(14)4-8-17(15)16/h11-19H,1-10H2,(H2,20,21,22)/t11-,12?,13?,14+,15-,16-,17+,18?/m0/s1. The summed E-state index contributed by atoms with van der Waals surface area (Å²) in [5.41, 5.74) is 0. The number of hydrogen-bond acceptors (Lipinski definition) is 3. The smallest absolute Gasteiger partial charge is 0.367 e. The van der Waals surface area contributed by atoms with Gasteiger partial charge in [-0.15, -0.1) is 0 Å². The maximum Gasteiger partial charge on any atom is 0.471 e. The Labute approximate surface area is 144 Å². The van der Waals surface area contributed by atoms with Gasteiger partial charge in [-0.1, -0.05) is 12.8 Å². The summed E-state index contributed by atoms with van der Waals surface area (Å²) in [7, 11) is -4.61. The Morgan fingerprint density at radius 3 is 2.12 bits per heavy atom. The maximum absolute atomic E-state index is 11.0. The van der Waals surface area contributed by atoms with Gasteiger partial charge < -0.3 is 14.9 Å². The summed E-state index contributed by atoms with van der Waals surface area (Å²) < 4.78 is 15.5. The second-order valence-corrected chi connectivity index (χ2v) is 10.0. The Bertz CT molecular complexity index is 506. The zero-order chi connectivity index (χ0) is 16.9. The van der Waals surface area contributed by atoms with Gasteiger partial charge in [-0.25, -0.2) is 4.57 Å². The van der Waals surface area contributed by atoms with Crippen molar-refractivity contribution in [2.24, 2.45) is 41.4 Å². The largest absolute Gasteiger partial charge is 0.471 e. The lowest BCUT2D eigenvalue weighted by Crippen LogP contribution is -2.45. The Morgan fingerprint density at radius 2 is 1.42 bits per heavy atom. The van der Waals surface area contributed by atoms with Gasteiger partial charge in [-0.05, 0) is 86.9 Å². The fourth-order valence-electron chi connectivity index (χ4n) is 7.00. The van der Waals surface area contributed by atoms with Gasteiger partial charge >= 0.3 is 7.82 Å². The summed E-state index contributed by atoms with van der Waals surface area (Å²) in [4.78, 5) is 17.8. The van der Waals surface area contributed by atoms with E-state index < -0.39 is 14.1 Å². The van der Waals surface area contributed by atoms with Crippen molar-refractivity contribution in [1.29, 1.82) is 0 Å². The normalized spacial score (nSPS) is 46.7. The first-order valence-electron chi connectivity index (χ1n) is 9.84. The van der Waals surface area contributed by atoms with E-state index in [1.54, 1.807) is 0 Å². The lowest BCUT2D eigenvalue weighted by molar-refractivity contribution is -0.112. The summed E-state index contributed by atoms with van der Waals surface area (Å²) in [6.45, 7) is 0. The third-order valence-corrected chi connectivity index (χ3v) is 8.33. The zero-order valence-corrected chi connectivity index (χ0v) is 15.2. The molecule has 8 atom stereocenters. The van der Waals surface area contributed by atoms with E-state index in [4.69, 9.17) is 9.79 Å². The van der Waals surface area contributed by atoms with Gasteiger partial charge in [-0.3, -0.25) is 4.52 Å². The molecule has 3 N–H and O–H groups in total. The number of hydrogen-bond donors (Lipinski definition) is 3. The van der Waals surface area contributed by atoms with Crippen LogP contribution in [0.2, 0.25) is 0 Å². The quantitative estimate of drug-likeness (QED) is 0.529. The molecule has 4 aliphatic carbocycles. The molecule has 0 aromatic carbocycles. The van der Waals surface area contributed by atoms with Crippen molar-refractivity contribution in [3.63, 3.8) is 0 Å². The third-order valence-electron chi connectivity index (χ3n) is 7.84. The van der Waals surface area contributed by atoms with Crippen LogP contribution in [0.5, 0.6) is 0 Å². The minimum absolute atomic E-state index is 0.127. The predicted octanol–water partition coefficient (Wildman–Crippen LogP) is 3.68. The van der Waals surface area contributed by atoms with Crippen molar-refractivity contribution in [2.75, 3.05) is 0 Å². The maximum atomic E-state index is 11.0. The number of fused-ring (bicyclic) bond motifs is 5. The molecular formula is C18H31O5P. The molecule has 0 aliphatic heterocycles. The van der Waals surface area contributed by atoms with Crippen LogP contribution in [0, 0.1) is 41.4 Å². The van der Waals surface area contributed by atoms with Gasteiger partial charge in [0.1, 0.15) is 0 Å². The van der Waals surface area contributed by atoms with Crippen molar-refractivity contribution in [1.82, 2.24) is 0 Å². The highest BCUT2D eigenvalue weighted by molar-refractivity contribution is 7.46. The summed E-state index contributed by atoms with van der Waals surface area (Å²) in [5, 5.41) is 10.0. The molecule has 0 spiro atoms. The van der Waals surface area contributed by atoms with Crippen LogP contribution in [0.4, 0.5) is 0 Å². The highest BCUT2D eigenvalue weighted by atomic mass is 31.2. The molecule has 0 heterocycles. The molecule has 0 aromatic heterocycles. The molecule has 4 rings (SSSR count). The van der Waals surface area contributed by atoms with Gasteiger partial charge in [0.05, 0.1) is 0 Å². The van der Waals surface area contributed by atoms with Crippen LogP contribution in [0.25, 0.3) is 0 Å². The summed E-state index contributed by atoms with van der Waals surface area (Å²) in [6.07, 6.45) is 11.2. The lowest BCUT2D eigenvalue weighted by atomic mass is 9.53. The van der Waals surface area contributed by atoms with Crippen LogP contribution >= 0.6 is 7.82 Å². The van der Waals surface area contributed by atoms with Crippen LogP contribution in [-0.2, 0) is 9.09 Å². The molecule has 5 nitrogen and oxygen atoms in total. The Balaban J connectivity index is 1.40. The SMILES string of the molecule is O=P(O)(O)OC(O)C1CC[C@H]2C(CC[C@H]3[C@@H]4CCC[C@H]4CC[C@@H]32)C1. The van der Waals surface area contributed by atoms with Crippen molar-refractivity contribution >= 4 is 7.82 Å². The van der Waals surface area contributed by atoms with E-state index in [0.717, 1.165) is 48.9 Å². The highest BCUT2D eigenvalue weighted by Crippen LogP contribution is 2.58. The number of aliphatic hydroxyl groups excluding tert-OH is 1. The Morgan fingerprint density at radius 1 is 0.792 bits per heavy atom. The van der Waals surface area contributed by atoms with E-state index in [9.17, 15) is 9.67 Å². The molecule has 0 aromatic rings. The van der Waals surface area contributed by atoms with E-state index in [1.807, 2.05) is 0 Å². The summed E-state index contributed by atoms with van der Waals surface area (Å²) in [6, 6.07) is 0. The van der Waals surface area contributed by atoms with Crippen molar-refractivity contribution in [2.45, 2.75) is 70.5 Å². The minimum atomic E-state index is -4.61. The number of rotatable bonds is 3. The number of phosphoric ester groups is 1. The first kappa shape index (κ1) is 17.5. The molecule has 0 amide bonds. The minimum Gasteiger partial charge on any atom is -0.367 e. The molecule has 0 bridgehead atoms. The predicted molar refractivity (Wildman–Crippen MR) is 89.7 cm³/mol. The van der Waals surface area contributed by atoms with Crippen LogP contribution in [-0.4, -0.2) is 21.2 Å². The Hall–Kier alpha value is 0.0700. The molecule has 0 saturated heterocycles. The van der Waals surface area contributed by atoms with Gasteiger partial charge in [0.15, 0.2) is 6.29 Å². The van der Waals surface area contributed by atoms with Crippen LogP contribution in [0.15, 0.2) is 0 Å². The van der Waals surface area contributed by atoms with Crippen LogP contribution < -0.4 is 0 Å². The second kappa shape index (κ2) is 6.66. The highest BCUT2D eigenvalue weighted by Gasteiger charge is 2.50. The molecule has 0 radical (unpaired) electrons. The first-order valence-corrected chi connectivity index (χ1v) is 11.4. The molecule has 4 aliphatic rings. The number of aliphatic hydroxyl groups is 1. The molecule has 4 saturated carbocycles. The fraction of sp³-hybridized carbons (Fsp3) is 1.00. The first-order chi connectivity index (χ1) is 11.4. The lowest BCUT2D eigenvalue weighted by Gasteiger charge is -2.53. The topological polar surface area (TPSA) is 87.0 Å². The average Bonchev–Trinajstić information content (AvgIpc) is 3.01. The van der Waals surface area contributed by atoms with Gasteiger partial charge in [0.2, 0.25) is 0 Å². The van der Waals surface area contributed by atoms with Crippen LogP contribution in [0.3, 0.4) is 0 Å². The van der Waals surface area contributed by atoms with Crippen molar-refractivity contribution in [3.05, 3.63) is 0 Å². The van der Waals surface area contributed by atoms with E-state index in [2.05, 4.69) is 4.52 Å². The van der Waals surface area contributed by atoms with Gasteiger partial charge in [0, 0.05) is 5.92 Å². The summed E-state index contributed by atoms with van der Waals surface area (Å²) in [5.74, 6) is 5.02. The molecule has 24 heavy (non-hydrogen) atoms. The molecule has 6 heteroatoms. The van der Waals surface area contributed by atoms with E-state index in [-0.39, 0.29) is 5.92 Å². The summed E-state index contributed by atoms with van der Waals surface area (Å²) >= 11 is 0. The van der Waals surface area contributed by atoms with E-state index in [1.165, 1.54) is 44.9 Å². The van der Waals surface area contributed by atoms with Crippen molar-refractivity contribution in [3.8, 4) is 0 Å². The Kier molecular flexibility index (Phi) is 4.85. The van der Waals surface area contributed by atoms with Gasteiger partial charge in [-0.2, -0.15) is 0 Å². The van der Waals surface area contributed by atoms with E-state index >= 15 is 0 Å². The monoisotopic (exact) mass is 358 g/mol. The molecule has 3 unspecified atom stereocenters. The second-order valence-electron chi connectivity index (χ2n) is 8.82. The van der Waals surface area contributed by atoms with Crippen LogP contribution in [0.1, 0.15) is 64.2 Å². The molecule has 4 fully saturated rings. The zero-order valence-electron chi connectivity index (χ0n) is 14.3. The van der Waals surface area contributed by atoms with Crippen molar-refractivity contribution < 1.29 is 24.0 Å². The third kappa shape index (κ3) is 3.35. The van der Waals surface area contributed by atoms with E-state index in [0.29, 0.717) is 5.92 Å². The fourth-order valence-corrected chi connectivity index (χ4v) is 7.45. The number of phosphoric acid groups is 1. The average molecular weight is 358 g/mol. The molecular weight excluding hydrogens is 327 g/mol. The van der Waals surface area contributed by atoms with Gasteiger partial charge in [0.25, 0.3) is 0 Å².